The molecule has 0 aliphatic heterocycles. The second-order valence-electron chi connectivity index (χ2n) is 13.5. The van der Waals surface area contributed by atoms with Crippen molar-refractivity contribution in [1.82, 2.24) is 19.9 Å². The van der Waals surface area contributed by atoms with E-state index in [0.29, 0.717) is 17.5 Å². The minimum Gasteiger partial charge on any atom is -0.455 e. The molecule has 3 heterocycles. The van der Waals surface area contributed by atoms with Crippen LogP contribution in [0.3, 0.4) is 0 Å². The molecule has 54 heavy (non-hydrogen) atoms. The van der Waals surface area contributed by atoms with E-state index in [1.54, 1.807) is 11.3 Å². The van der Waals surface area contributed by atoms with Crippen LogP contribution < -0.4 is 0 Å². The zero-order chi connectivity index (χ0) is 35.6. The minimum absolute atomic E-state index is 0.564. The molecule has 0 aliphatic rings. The predicted octanol–water partition coefficient (Wildman–Crippen LogP) is 13.0. The number of furan rings is 1. The number of nitrogens with zero attached hydrogens (tertiary/aromatic N) is 4. The molecule has 0 N–H and O–H groups in total. The number of benzene rings is 8. The van der Waals surface area contributed by atoms with E-state index in [2.05, 4.69) is 109 Å². The third-order valence-electron chi connectivity index (χ3n) is 10.1. The maximum atomic E-state index is 6.41. The summed E-state index contributed by atoms with van der Waals surface area (Å²) in [4.78, 5) is 20.2. The van der Waals surface area contributed by atoms with Crippen molar-refractivity contribution in [2.75, 3.05) is 0 Å². The minimum atomic E-state index is 0.564. The first-order chi connectivity index (χ1) is 26.7. The molecule has 0 spiro atoms. The van der Waals surface area contributed by atoms with Crippen LogP contribution in [0.25, 0.3) is 110 Å². The molecule has 8 aromatic carbocycles. The molecule has 11 rings (SSSR count). The highest BCUT2D eigenvalue weighted by molar-refractivity contribution is 7.22. The number of para-hydroxylation sites is 2. The number of hydrogen-bond acceptors (Lipinski definition) is 6. The predicted molar refractivity (Wildman–Crippen MR) is 222 cm³/mol. The molecule has 0 radical (unpaired) electrons. The van der Waals surface area contributed by atoms with Gasteiger partial charge in [-0.15, -0.1) is 11.3 Å². The first kappa shape index (κ1) is 30.6. The molecule has 0 saturated carbocycles. The van der Waals surface area contributed by atoms with Gasteiger partial charge in [-0.3, -0.25) is 0 Å². The molecule has 5 nitrogen and oxygen atoms in total. The summed E-state index contributed by atoms with van der Waals surface area (Å²) in [5, 5.41) is 7.94. The average molecular weight is 709 g/mol. The first-order valence-electron chi connectivity index (χ1n) is 17.9. The molecular weight excluding hydrogens is 681 g/mol. The number of fused-ring (bicyclic) bond motifs is 7. The molecule has 3 aromatic heterocycles. The summed E-state index contributed by atoms with van der Waals surface area (Å²) in [5.41, 5.74) is 8.57. The van der Waals surface area contributed by atoms with Gasteiger partial charge in [0.1, 0.15) is 16.2 Å². The highest BCUT2D eigenvalue weighted by Gasteiger charge is 2.18. The number of hydrogen-bond donors (Lipinski definition) is 0. The van der Waals surface area contributed by atoms with Crippen LogP contribution in [0, 0.1) is 0 Å². The Kier molecular flexibility index (Phi) is 6.97. The molecule has 6 heteroatoms. The Morgan fingerprint density at radius 1 is 0.389 bits per heavy atom. The van der Waals surface area contributed by atoms with Gasteiger partial charge in [0.05, 0.1) is 15.8 Å². The zero-order valence-electron chi connectivity index (χ0n) is 28.8. The molecule has 0 atom stereocenters. The van der Waals surface area contributed by atoms with Gasteiger partial charge in [0.2, 0.25) is 0 Å². The summed E-state index contributed by atoms with van der Waals surface area (Å²) < 4.78 is 7.59. The van der Waals surface area contributed by atoms with E-state index >= 15 is 0 Å². The van der Waals surface area contributed by atoms with E-state index in [0.717, 1.165) is 65.8 Å². The molecule has 0 amide bonds. The van der Waals surface area contributed by atoms with Crippen LogP contribution in [-0.2, 0) is 0 Å². The van der Waals surface area contributed by atoms with Gasteiger partial charge < -0.3 is 4.42 Å². The lowest BCUT2D eigenvalue weighted by molar-refractivity contribution is 0.669. The van der Waals surface area contributed by atoms with Gasteiger partial charge in [-0.1, -0.05) is 133 Å². The number of thiazole rings is 1. The van der Waals surface area contributed by atoms with Crippen molar-refractivity contribution >= 4 is 65.0 Å². The largest absolute Gasteiger partial charge is 0.455 e. The topological polar surface area (TPSA) is 64.7 Å². The molecule has 0 aliphatic carbocycles. The van der Waals surface area contributed by atoms with Crippen LogP contribution in [0.2, 0.25) is 0 Å². The molecule has 0 unspecified atom stereocenters. The second kappa shape index (κ2) is 12.3. The summed E-state index contributed by atoms with van der Waals surface area (Å²) in [7, 11) is 0. The summed E-state index contributed by atoms with van der Waals surface area (Å²) in [6.45, 7) is 0. The number of aromatic nitrogens is 4. The van der Waals surface area contributed by atoms with Crippen molar-refractivity contribution in [3.8, 4) is 55.9 Å². The van der Waals surface area contributed by atoms with Crippen LogP contribution in [0.4, 0.5) is 0 Å². The maximum Gasteiger partial charge on any atom is 0.167 e. The molecule has 0 bridgehead atoms. The Bertz CT molecular complexity index is 3240. The van der Waals surface area contributed by atoms with E-state index in [9.17, 15) is 0 Å². The normalized spacial score (nSPS) is 11.7. The summed E-state index contributed by atoms with van der Waals surface area (Å²) in [6.07, 6.45) is 0. The highest BCUT2D eigenvalue weighted by atomic mass is 32.1. The molecule has 11 aromatic rings. The summed E-state index contributed by atoms with van der Waals surface area (Å²) in [5.74, 6) is 1.77. The zero-order valence-corrected chi connectivity index (χ0v) is 29.6. The fourth-order valence-electron chi connectivity index (χ4n) is 7.43. The van der Waals surface area contributed by atoms with Crippen LogP contribution in [0.1, 0.15) is 0 Å². The lowest BCUT2D eigenvalue weighted by atomic mass is 9.99. The fourth-order valence-corrected chi connectivity index (χ4v) is 8.52. The van der Waals surface area contributed by atoms with Gasteiger partial charge >= 0.3 is 0 Å². The Morgan fingerprint density at radius 3 is 1.98 bits per heavy atom. The van der Waals surface area contributed by atoms with Crippen molar-refractivity contribution in [3.63, 3.8) is 0 Å². The van der Waals surface area contributed by atoms with Gasteiger partial charge in [-0.25, -0.2) is 19.9 Å². The van der Waals surface area contributed by atoms with E-state index < -0.39 is 0 Å². The third-order valence-corrected chi connectivity index (χ3v) is 11.3. The fraction of sp³-hybridized carbons (Fsp3) is 0. The first-order valence-corrected chi connectivity index (χ1v) is 18.7. The van der Waals surface area contributed by atoms with Crippen molar-refractivity contribution in [3.05, 3.63) is 170 Å². The number of rotatable bonds is 5. The molecule has 0 fully saturated rings. The monoisotopic (exact) mass is 708 g/mol. The van der Waals surface area contributed by atoms with Crippen molar-refractivity contribution in [2.24, 2.45) is 0 Å². The van der Waals surface area contributed by atoms with Crippen LogP contribution in [-0.4, -0.2) is 19.9 Å². The Morgan fingerprint density at radius 2 is 1.06 bits per heavy atom. The standard InChI is InChI=1S/C48H28N4OS/c1-2-11-31(12-3-1)45-50-46(52-47(51-45)39-18-9-17-38-37-16-6-7-19-42(37)53-43(38)39)35-15-8-14-33(26-35)34-22-21-30-24-25-41-44(40(30)28-34)54-48(49-41)36-23-20-29-10-4-5-13-32(29)27-36/h1-28H. The maximum absolute atomic E-state index is 6.41. The van der Waals surface area contributed by atoms with E-state index in [1.807, 2.05) is 60.7 Å². The summed E-state index contributed by atoms with van der Waals surface area (Å²) >= 11 is 1.75. The highest BCUT2D eigenvalue weighted by Crippen LogP contribution is 2.39. The van der Waals surface area contributed by atoms with Crippen LogP contribution in [0.5, 0.6) is 0 Å². The molecular formula is C48H28N4OS. The van der Waals surface area contributed by atoms with Crippen molar-refractivity contribution in [2.45, 2.75) is 0 Å². The van der Waals surface area contributed by atoms with E-state index in [1.165, 1.54) is 26.2 Å². The van der Waals surface area contributed by atoms with Gasteiger partial charge in [0.15, 0.2) is 17.5 Å². The van der Waals surface area contributed by atoms with Crippen LogP contribution >= 0.6 is 11.3 Å². The van der Waals surface area contributed by atoms with Crippen LogP contribution in [0.15, 0.2) is 174 Å². The van der Waals surface area contributed by atoms with Gasteiger partial charge in [0, 0.05) is 32.8 Å². The van der Waals surface area contributed by atoms with Gasteiger partial charge in [-0.05, 0) is 63.7 Å². The quantitative estimate of drug-likeness (QED) is 0.178. The lowest BCUT2D eigenvalue weighted by Gasteiger charge is -2.10. The Balaban J connectivity index is 1.03. The SMILES string of the molecule is c1ccc(-c2nc(-c3cccc(-c4ccc5ccc6nc(-c7ccc8ccccc8c7)sc6c5c4)c3)nc(-c3cccc4c3oc3ccccc34)n2)cc1. The average Bonchev–Trinajstić information content (AvgIpc) is 3.86. The lowest BCUT2D eigenvalue weighted by Crippen LogP contribution is -2.00. The van der Waals surface area contributed by atoms with E-state index in [4.69, 9.17) is 24.4 Å². The third kappa shape index (κ3) is 5.15. The second-order valence-corrected chi connectivity index (χ2v) is 14.5. The van der Waals surface area contributed by atoms with Gasteiger partial charge in [-0.2, -0.15) is 0 Å². The Labute approximate surface area is 313 Å². The van der Waals surface area contributed by atoms with Gasteiger partial charge in [0.25, 0.3) is 0 Å². The van der Waals surface area contributed by atoms with Crippen molar-refractivity contribution in [1.29, 1.82) is 0 Å². The molecule has 252 valence electrons. The Hall–Kier alpha value is -7.02. The molecule has 0 saturated heterocycles. The summed E-state index contributed by atoms with van der Waals surface area (Å²) in [6, 6.07) is 58.8. The van der Waals surface area contributed by atoms with E-state index in [-0.39, 0.29) is 0 Å². The smallest absolute Gasteiger partial charge is 0.167 e. The van der Waals surface area contributed by atoms with Crippen molar-refractivity contribution < 1.29 is 4.42 Å².